The third-order valence-electron chi connectivity index (χ3n) is 9.10. The Kier molecular flexibility index (Phi) is 12.0. The number of aromatic nitrogens is 6. The molecule has 0 radical (unpaired) electrons. The van der Waals surface area contributed by atoms with Crippen LogP contribution in [0, 0.1) is 0 Å². The summed E-state index contributed by atoms with van der Waals surface area (Å²) in [5.74, 6) is 0.817. The first-order chi connectivity index (χ1) is 28.7. The van der Waals surface area contributed by atoms with E-state index in [0.717, 1.165) is 63.4 Å². The zero-order valence-electron chi connectivity index (χ0n) is 30.9. The SMILES string of the molecule is O=C(O)c1ccc(Nc2ncc(Cl)c(Nc3ccc4ncsc4c3)n2)cc1.O=C(c1ccc(Nc2ncc(Cl)c(Nc3ccc4ncsc4c3)n2)cc1)N1CCCCC1. The van der Waals surface area contributed by atoms with Crippen LogP contribution in [0.25, 0.3) is 20.4 Å². The van der Waals surface area contributed by atoms with Crippen LogP contribution in [0.3, 0.4) is 0 Å². The second-order valence-electron chi connectivity index (χ2n) is 13.2. The molecule has 1 aliphatic heterocycles. The molecule has 0 atom stereocenters. The summed E-state index contributed by atoms with van der Waals surface area (Å²) in [5, 5.41) is 22.4. The van der Waals surface area contributed by atoms with Crippen molar-refractivity contribution in [2.75, 3.05) is 34.4 Å². The van der Waals surface area contributed by atoms with Gasteiger partial charge in [0.15, 0.2) is 11.6 Å². The zero-order valence-corrected chi connectivity index (χ0v) is 34.0. The maximum absolute atomic E-state index is 12.6. The van der Waals surface area contributed by atoms with Crippen molar-refractivity contribution >= 4 is 124 Å². The lowest BCUT2D eigenvalue weighted by atomic mass is 10.1. The van der Waals surface area contributed by atoms with Crippen molar-refractivity contribution in [1.29, 1.82) is 0 Å². The van der Waals surface area contributed by atoms with Gasteiger partial charge in [-0.05, 0) is 104 Å². The number of benzene rings is 4. The number of hydrogen-bond donors (Lipinski definition) is 5. The monoisotopic (exact) mass is 861 g/mol. The Labute approximate surface area is 355 Å². The van der Waals surface area contributed by atoms with E-state index in [2.05, 4.69) is 51.2 Å². The molecule has 0 bridgehead atoms. The number of piperidine rings is 1. The fraction of sp³-hybridized carbons (Fsp3) is 0.122. The molecule has 14 nitrogen and oxygen atoms in total. The summed E-state index contributed by atoms with van der Waals surface area (Å²) in [6.45, 7) is 1.67. The first-order valence-corrected chi connectivity index (χ1v) is 20.8. The molecule has 5 N–H and O–H groups in total. The second-order valence-corrected chi connectivity index (χ2v) is 15.7. The van der Waals surface area contributed by atoms with E-state index in [1.54, 1.807) is 46.5 Å². The van der Waals surface area contributed by atoms with Gasteiger partial charge < -0.3 is 31.3 Å². The summed E-state index contributed by atoms with van der Waals surface area (Å²) in [4.78, 5) is 51.4. The molecule has 0 spiro atoms. The lowest BCUT2D eigenvalue weighted by Crippen LogP contribution is -2.35. The van der Waals surface area contributed by atoms with Crippen LogP contribution in [0.1, 0.15) is 40.0 Å². The van der Waals surface area contributed by atoms with E-state index in [1.807, 2.05) is 71.1 Å². The molecule has 1 amide bonds. The van der Waals surface area contributed by atoms with E-state index >= 15 is 0 Å². The topological polar surface area (TPSA) is 183 Å². The number of nitrogens with one attached hydrogen (secondary N) is 4. The molecule has 0 unspecified atom stereocenters. The van der Waals surface area contributed by atoms with Crippen molar-refractivity contribution in [1.82, 2.24) is 34.8 Å². The lowest BCUT2D eigenvalue weighted by Gasteiger charge is -2.26. The number of anilines is 8. The molecule has 1 saturated heterocycles. The maximum atomic E-state index is 12.6. The van der Waals surface area contributed by atoms with Gasteiger partial charge in [-0.15, -0.1) is 22.7 Å². The number of aromatic carboxylic acids is 1. The number of carboxylic acids is 1. The highest BCUT2D eigenvalue weighted by Crippen LogP contribution is 2.30. The molecule has 296 valence electrons. The third kappa shape index (κ3) is 9.81. The number of fused-ring (bicyclic) bond motifs is 2. The third-order valence-corrected chi connectivity index (χ3v) is 11.2. The number of likely N-dealkylation sites (tertiary alicyclic amines) is 1. The second kappa shape index (κ2) is 18.0. The molecule has 1 aliphatic rings. The van der Waals surface area contributed by atoms with Gasteiger partial charge in [-0.25, -0.2) is 24.7 Å². The van der Waals surface area contributed by atoms with Crippen LogP contribution in [0.4, 0.5) is 46.3 Å². The van der Waals surface area contributed by atoms with E-state index in [1.165, 1.54) is 24.8 Å². The van der Waals surface area contributed by atoms with Crippen LogP contribution < -0.4 is 21.3 Å². The van der Waals surface area contributed by atoms with Gasteiger partial charge in [0.2, 0.25) is 11.9 Å². The van der Waals surface area contributed by atoms with Gasteiger partial charge in [0.05, 0.1) is 49.4 Å². The van der Waals surface area contributed by atoms with E-state index in [-0.39, 0.29) is 11.5 Å². The molecule has 8 aromatic rings. The Morgan fingerprint density at radius 3 is 1.51 bits per heavy atom. The standard InChI is InChI=1S/C23H21ClN6OS.C18H12ClN5O2S/c24-18-13-25-23(29-21(18)27-17-8-9-19-20(12-17)32-14-26-19)28-16-6-4-15(5-7-16)22(31)30-10-2-1-3-11-30;19-13-8-20-18(23-11-3-1-10(2-4-11)17(25)26)24-16(13)22-12-5-6-14-15(7-12)27-9-21-14/h4-9,12-14H,1-3,10-11H2,(H2,25,27,28,29);1-9H,(H,25,26)(H2,20,22,23,24). The number of carboxylic acid groups (broad SMARTS) is 1. The van der Waals surface area contributed by atoms with E-state index < -0.39 is 5.97 Å². The molecule has 1 fully saturated rings. The fourth-order valence-electron chi connectivity index (χ4n) is 6.10. The van der Waals surface area contributed by atoms with Crippen LogP contribution in [0.15, 0.2) is 108 Å². The summed E-state index contributed by atoms with van der Waals surface area (Å²) < 4.78 is 2.14. The largest absolute Gasteiger partial charge is 0.478 e. The predicted octanol–water partition coefficient (Wildman–Crippen LogP) is 10.8. The number of amides is 1. The average Bonchev–Trinajstić information content (AvgIpc) is 3.94. The molecule has 9 rings (SSSR count). The Hall–Kier alpha value is -6.46. The Morgan fingerprint density at radius 2 is 1.03 bits per heavy atom. The van der Waals surface area contributed by atoms with Gasteiger partial charge in [0.25, 0.3) is 5.91 Å². The minimum atomic E-state index is -0.978. The highest BCUT2D eigenvalue weighted by atomic mass is 35.5. The highest BCUT2D eigenvalue weighted by Gasteiger charge is 2.18. The zero-order chi connectivity index (χ0) is 40.7. The normalized spacial score (nSPS) is 12.4. The van der Waals surface area contributed by atoms with Gasteiger partial charge in [-0.1, -0.05) is 23.2 Å². The summed E-state index contributed by atoms with van der Waals surface area (Å²) in [7, 11) is 0. The first-order valence-electron chi connectivity index (χ1n) is 18.3. The summed E-state index contributed by atoms with van der Waals surface area (Å²) in [5.41, 5.74) is 9.57. The number of thiazole rings is 2. The van der Waals surface area contributed by atoms with Crippen LogP contribution in [-0.2, 0) is 0 Å². The molecule has 0 aliphatic carbocycles. The number of carbonyl (C=O) groups is 2. The maximum Gasteiger partial charge on any atom is 0.335 e. The summed E-state index contributed by atoms with van der Waals surface area (Å²) in [6, 6.07) is 25.4. The van der Waals surface area contributed by atoms with Crippen LogP contribution in [0.5, 0.6) is 0 Å². The van der Waals surface area contributed by atoms with Gasteiger partial charge in [0.1, 0.15) is 10.0 Å². The van der Waals surface area contributed by atoms with Crippen molar-refractivity contribution < 1.29 is 14.7 Å². The van der Waals surface area contributed by atoms with Crippen molar-refractivity contribution in [3.8, 4) is 0 Å². The number of halogens is 2. The van der Waals surface area contributed by atoms with E-state index in [4.69, 9.17) is 28.3 Å². The Bertz CT molecular complexity index is 2760. The summed E-state index contributed by atoms with van der Waals surface area (Å²) in [6.07, 6.45) is 6.40. The van der Waals surface area contributed by atoms with Crippen molar-refractivity contribution in [3.05, 3.63) is 130 Å². The average molecular weight is 863 g/mol. The van der Waals surface area contributed by atoms with Crippen LogP contribution in [-0.4, -0.2) is 64.9 Å². The minimum absolute atomic E-state index is 0.0865. The quantitative estimate of drug-likeness (QED) is 0.0876. The lowest BCUT2D eigenvalue weighted by molar-refractivity contribution is 0.0694. The van der Waals surface area contributed by atoms with Crippen molar-refractivity contribution in [2.45, 2.75) is 19.3 Å². The van der Waals surface area contributed by atoms with E-state index in [9.17, 15) is 9.59 Å². The minimum Gasteiger partial charge on any atom is -0.478 e. The van der Waals surface area contributed by atoms with Crippen LogP contribution >= 0.6 is 45.9 Å². The van der Waals surface area contributed by atoms with Crippen molar-refractivity contribution in [2.24, 2.45) is 0 Å². The molecule has 4 aromatic carbocycles. The van der Waals surface area contributed by atoms with Gasteiger partial charge in [-0.2, -0.15) is 9.97 Å². The first kappa shape index (κ1) is 39.4. The summed E-state index contributed by atoms with van der Waals surface area (Å²) >= 11 is 15.7. The number of hydrogen-bond acceptors (Lipinski definition) is 14. The molecule has 18 heteroatoms. The Balaban J connectivity index is 0.000000167. The van der Waals surface area contributed by atoms with E-state index in [0.29, 0.717) is 44.8 Å². The van der Waals surface area contributed by atoms with Gasteiger partial charge in [0, 0.05) is 41.4 Å². The molecular formula is C41H33Cl2N11O3S2. The smallest absolute Gasteiger partial charge is 0.335 e. The predicted molar refractivity (Wildman–Crippen MR) is 236 cm³/mol. The van der Waals surface area contributed by atoms with Gasteiger partial charge >= 0.3 is 5.97 Å². The highest BCUT2D eigenvalue weighted by molar-refractivity contribution is 7.17. The molecule has 4 aromatic heterocycles. The fourth-order valence-corrected chi connectivity index (χ4v) is 7.81. The number of nitrogens with zero attached hydrogens (tertiary/aromatic N) is 7. The molecule has 0 saturated carbocycles. The number of rotatable bonds is 10. The Morgan fingerprint density at radius 1 is 0.576 bits per heavy atom. The van der Waals surface area contributed by atoms with Crippen molar-refractivity contribution in [3.63, 3.8) is 0 Å². The van der Waals surface area contributed by atoms with Crippen LogP contribution in [0.2, 0.25) is 10.0 Å². The molecular weight excluding hydrogens is 830 g/mol. The van der Waals surface area contributed by atoms with Gasteiger partial charge in [-0.3, -0.25) is 4.79 Å². The molecule has 59 heavy (non-hydrogen) atoms. The number of carbonyl (C=O) groups excluding carboxylic acids is 1. The molecule has 5 heterocycles.